The third kappa shape index (κ3) is 4.26. The molecule has 0 aliphatic carbocycles. The Labute approximate surface area is 197 Å². The van der Waals surface area contributed by atoms with Crippen LogP contribution in [0.3, 0.4) is 0 Å². The average Bonchev–Trinajstić information content (AvgIpc) is 3.15. The fourth-order valence-corrected chi connectivity index (χ4v) is 3.78. The van der Waals surface area contributed by atoms with Gasteiger partial charge >= 0.3 is 11.5 Å². The van der Waals surface area contributed by atoms with Gasteiger partial charge in [0.05, 0.1) is 5.52 Å². The van der Waals surface area contributed by atoms with Crippen molar-refractivity contribution in [3.63, 3.8) is 0 Å². The van der Waals surface area contributed by atoms with Crippen molar-refractivity contribution < 1.29 is 19.1 Å². The van der Waals surface area contributed by atoms with Gasteiger partial charge < -0.3 is 19.2 Å². The van der Waals surface area contributed by atoms with Gasteiger partial charge in [0, 0.05) is 27.9 Å². The van der Waals surface area contributed by atoms with Gasteiger partial charge in [-0.05, 0) is 41.5 Å². The topological polar surface area (TPSA) is 117 Å². The quantitative estimate of drug-likeness (QED) is 0.240. The van der Waals surface area contributed by atoms with Gasteiger partial charge in [0.15, 0.2) is 12.3 Å². The summed E-state index contributed by atoms with van der Waals surface area (Å²) >= 11 is 5.99. The van der Waals surface area contributed by atoms with E-state index in [2.05, 4.69) is 15.2 Å². The Morgan fingerprint density at radius 1 is 1.03 bits per heavy atom. The molecule has 0 bridgehead atoms. The summed E-state index contributed by atoms with van der Waals surface area (Å²) in [5.41, 5.74) is 2.16. The molecule has 0 unspecified atom stereocenters. The van der Waals surface area contributed by atoms with E-state index in [1.54, 1.807) is 36.4 Å². The molecule has 0 atom stereocenters. The summed E-state index contributed by atoms with van der Waals surface area (Å²) in [6, 6.07) is 20.8. The van der Waals surface area contributed by atoms with Gasteiger partial charge in [-0.3, -0.25) is 4.79 Å². The Hall–Kier alpha value is -4.43. The van der Waals surface area contributed by atoms with Gasteiger partial charge in [0.1, 0.15) is 11.3 Å². The molecule has 3 aromatic carbocycles. The Morgan fingerprint density at radius 3 is 2.68 bits per heavy atom. The minimum atomic E-state index is -0.671. The smallest absolute Gasteiger partial charge is 0.336 e. The number of aromatic hydroxyl groups is 1. The molecular weight excluding hydrogens is 458 g/mol. The number of hydrogen-bond donors (Lipinski definition) is 2. The summed E-state index contributed by atoms with van der Waals surface area (Å²) in [6.07, 6.45) is 0. The zero-order valence-electron chi connectivity index (χ0n) is 17.5. The van der Waals surface area contributed by atoms with E-state index in [9.17, 15) is 14.7 Å². The summed E-state index contributed by atoms with van der Waals surface area (Å²) in [7, 11) is 0. The fourth-order valence-electron chi connectivity index (χ4n) is 3.61. The lowest BCUT2D eigenvalue weighted by molar-refractivity contribution is -0.120. The number of aromatic amines is 1. The molecule has 0 saturated carbocycles. The molecule has 0 spiro atoms. The highest BCUT2D eigenvalue weighted by Crippen LogP contribution is 2.36. The van der Waals surface area contributed by atoms with Crippen LogP contribution in [-0.2, 0) is 4.79 Å². The van der Waals surface area contributed by atoms with Crippen molar-refractivity contribution in [1.29, 1.82) is 0 Å². The Morgan fingerprint density at radius 2 is 1.85 bits per heavy atom. The van der Waals surface area contributed by atoms with Crippen LogP contribution < -0.4 is 10.4 Å². The van der Waals surface area contributed by atoms with Crippen LogP contribution in [-0.4, -0.2) is 22.6 Å². The van der Waals surface area contributed by atoms with Crippen LogP contribution in [0.15, 0.2) is 92.2 Å². The summed E-state index contributed by atoms with van der Waals surface area (Å²) in [5, 5.41) is 19.2. The number of hydrogen-bond acceptors (Lipinski definition) is 6. The van der Waals surface area contributed by atoms with E-state index in [-0.39, 0.29) is 11.6 Å². The molecule has 0 fully saturated rings. The monoisotopic (exact) mass is 473 g/mol. The van der Waals surface area contributed by atoms with Crippen molar-refractivity contribution in [2.75, 3.05) is 6.61 Å². The third-order valence-corrected chi connectivity index (χ3v) is 5.37. The molecular formula is C25H16ClN3O5. The number of carbonyl (C=O) groups excluding carboxylic acids is 1. The van der Waals surface area contributed by atoms with Crippen molar-refractivity contribution in [1.82, 2.24) is 4.98 Å². The van der Waals surface area contributed by atoms with Crippen LogP contribution in [0.25, 0.3) is 33.0 Å². The van der Waals surface area contributed by atoms with Gasteiger partial charge in [-0.25, -0.2) is 4.79 Å². The van der Waals surface area contributed by atoms with Crippen LogP contribution >= 0.6 is 11.6 Å². The maximum absolute atomic E-state index is 12.2. The van der Waals surface area contributed by atoms with Gasteiger partial charge in [0.2, 0.25) is 5.88 Å². The third-order valence-electron chi connectivity index (χ3n) is 5.14. The lowest BCUT2D eigenvalue weighted by Gasteiger charge is -2.08. The number of rotatable bonds is 5. The van der Waals surface area contributed by atoms with Crippen LogP contribution in [0.2, 0.25) is 5.02 Å². The van der Waals surface area contributed by atoms with Crippen molar-refractivity contribution in [3.05, 3.63) is 88.2 Å². The maximum Gasteiger partial charge on any atom is 0.336 e. The SMILES string of the molecule is O=C(COc1ccc2c(-c3ccccc3)cc(=O)oc2c1)N=Nc1c(O)[nH]c2ccc(Cl)cc12. The number of H-pyrrole nitrogens is 1. The van der Waals surface area contributed by atoms with Crippen molar-refractivity contribution in [2.24, 2.45) is 10.2 Å². The molecule has 0 saturated heterocycles. The van der Waals surface area contributed by atoms with Gasteiger partial charge in [0.25, 0.3) is 0 Å². The second kappa shape index (κ2) is 8.84. The predicted molar refractivity (Wildman–Crippen MR) is 128 cm³/mol. The first-order valence-corrected chi connectivity index (χ1v) is 10.6. The molecule has 2 N–H and O–H groups in total. The lowest BCUT2D eigenvalue weighted by atomic mass is 10.0. The van der Waals surface area contributed by atoms with Crippen LogP contribution in [0.5, 0.6) is 11.6 Å². The lowest BCUT2D eigenvalue weighted by Crippen LogP contribution is -2.08. The molecule has 34 heavy (non-hydrogen) atoms. The predicted octanol–water partition coefficient (Wildman–Crippen LogP) is 5.99. The molecule has 2 heterocycles. The molecule has 0 aliphatic heterocycles. The van der Waals surface area contributed by atoms with Crippen molar-refractivity contribution in [3.8, 4) is 22.8 Å². The first-order chi connectivity index (χ1) is 16.5. The summed E-state index contributed by atoms with van der Waals surface area (Å²) in [5.74, 6) is -0.574. The van der Waals surface area contributed by atoms with Gasteiger partial charge in [-0.2, -0.15) is 0 Å². The highest BCUT2D eigenvalue weighted by atomic mass is 35.5. The van der Waals surface area contributed by atoms with Crippen LogP contribution in [0.4, 0.5) is 5.69 Å². The van der Waals surface area contributed by atoms with Crippen LogP contribution in [0.1, 0.15) is 0 Å². The molecule has 5 rings (SSSR count). The van der Waals surface area contributed by atoms with E-state index in [4.69, 9.17) is 20.8 Å². The zero-order chi connectivity index (χ0) is 23.7. The standard InChI is InChI=1S/C25H16ClN3O5/c26-15-6-9-20-19(10-15)24(25(32)27-20)29-28-22(30)13-33-16-7-8-17-18(14-4-2-1-3-5-14)12-23(31)34-21(17)11-16/h1-12,27,32H,13H2. The Bertz CT molecular complexity index is 1620. The van der Waals surface area contributed by atoms with E-state index in [0.29, 0.717) is 27.3 Å². The Kier molecular flexibility index (Phi) is 5.57. The highest BCUT2D eigenvalue weighted by Gasteiger charge is 2.13. The maximum atomic E-state index is 12.2. The largest absolute Gasteiger partial charge is 0.493 e. The van der Waals surface area contributed by atoms with E-state index in [1.165, 1.54) is 6.07 Å². The molecule has 0 radical (unpaired) electrons. The first kappa shape index (κ1) is 21.4. The first-order valence-electron chi connectivity index (χ1n) is 10.2. The second-order valence-electron chi connectivity index (χ2n) is 7.40. The molecule has 8 nitrogen and oxygen atoms in total. The summed E-state index contributed by atoms with van der Waals surface area (Å²) in [4.78, 5) is 27.0. The fraction of sp³-hybridized carbons (Fsp3) is 0.0400. The second-order valence-corrected chi connectivity index (χ2v) is 7.83. The number of amides is 1. The van der Waals surface area contributed by atoms with Gasteiger partial charge in [-0.15, -0.1) is 10.2 Å². The number of nitrogens with one attached hydrogen (secondary N) is 1. The van der Waals surface area contributed by atoms with E-state index >= 15 is 0 Å². The number of azo groups is 1. The molecule has 9 heteroatoms. The molecule has 5 aromatic rings. The number of benzene rings is 3. The number of carbonyl (C=O) groups is 1. The minimum Gasteiger partial charge on any atom is -0.493 e. The number of aromatic nitrogens is 1. The van der Waals surface area contributed by atoms with E-state index in [0.717, 1.165) is 16.5 Å². The molecule has 1 amide bonds. The van der Waals surface area contributed by atoms with E-state index in [1.807, 2.05) is 30.3 Å². The van der Waals surface area contributed by atoms with Crippen molar-refractivity contribution in [2.45, 2.75) is 0 Å². The number of nitrogens with zero attached hydrogens (tertiary/aromatic N) is 2. The van der Waals surface area contributed by atoms with Crippen molar-refractivity contribution >= 4 is 45.1 Å². The highest BCUT2D eigenvalue weighted by molar-refractivity contribution is 6.31. The van der Waals surface area contributed by atoms with Crippen LogP contribution in [0, 0.1) is 0 Å². The zero-order valence-corrected chi connectivity index (χ0v) is 18.2. The minimum absolute atomic E-state index is 0.103. The molecule has 0 aliphatic rings. The normalized spacial score (nSPS) is 11.4. The Balaban J connectivity index is 1.34. The number of ether oxygens (including phenoxy) is 1. The summed E-state index contributed by atoms with van der Waals surface area (Å²) in [6.45, 7) is -0.401. The number of halogens is 1. The molecule has 2 aromatic heterocycles. The number of fused-ring (bicyclic) bond motifs is 2. The summed E-state index contributed by atoms with van der Waals surface area (Å²) < 4.78 is 10.8. The molecule has 168 valence electrons. The van der Waals surface area contributed by atoms with E-state index < -0.39 is 18.1 Å². The van der Waals surface area contributed by atoms with Gasteiger partial charge in [-0.1, -0.05) is 41.9 Å². The average molecular weight is 474 g/mol.